The minimum atomic E-state index is -3.70. The van der Waals surface area contributed by atoms with Gasteiger partial charge in [-0.1, -0.05) is 30.3 Å². The Bertz CT molecular complexity index is 1010. The zero-order valence-corrected chi connectivity index (χ0v) is 19.8. The molecule has 1 aliphatic rings. The van der Waals surface area contributed by atoms with Crippen LogP contribution in [0.2, 0.25) is 0 Å². The monoisotopic (exact) mass is 460 g/mol. The second-order valence-electron chi connectivity index (χ2n) is 8.09. The summed E-state index contributed by atoms with van der Waals surface area (Å²) in [6.45, 7) is 4.73. The number of methoxy groups -OCH3 is 1. The number of carbonyl (C=O) groups is 1. The Morgan fingerprint density at radius 1 is 1.03 bits per heavy atom. The van der Waals surface area contributed by atoms with Crippen LogP contribution in [0.1, 0.15) is 12.0 Å². The largest absolute Gasteiger partial charge is 0.495 e. The topological polar surface area (TPSA) is 82.2 Å². The molecule has 0 aromatic heterocycles. The molecule has 0 aliphatic carbocycles. The molecule has 1 N–H and O–H groups in total. The maximum atomic E-state index is 12.7. The Morgan fingerprint density at radius 3 is 2.41 bits per heavy atom. The van der Waals surface area contributed by atoms with Gasteiger partial charge in [0.25, 0.3) is 0 Å². The summed E-state index contributed by atoms with van der Waals surface area (Å²) in [5, 5.41) is 2.83. The van der Waals surface area contributed by atoms with Crippen LogP contribution < -0.4 is 10.1 Å². The Hall–Kier alpha value is -2.46. The summed E-state index contributed by atoms with van der Waals surface area (Å²) in [5.74, 6) is 0.0719. The van der Waals surface area contributed by atoms with Gasteiger partial charge in [0.15, 0.2) is 0 Å². The molecule has 3 rings (SSSR count). The lowest BCUT2D eigenvalue weighted by Gasteiger charge is -2.21. The van der Waals surface area contributed by atoms with Crippen LogP contribution in [0.4, 0.5) is 5.69 Å². The van der Waals surface area contributed by atoms with Crippen LogP contribution in [0.5, 0.6) is 5.75 Å². The smallest absolute Gasteiger partial charge is 0.246 e. The summed E-state index contributed by atoms with van der Waals surface area (Å²) in [5.41, 5.74) is 1.72. The maximum Gasteiger partial charge on any atom is 0.246 e. The van der Waals surface area contributed by atoms with Crippen molar-refractivity contribution in [1.82, 2.24) is 14.1 Å². The summed E-state index contributed by atoms with van der Waals surface area (Å²) in [7, 11) is 0.636. The highest BCUT2D eigenvalue weighted by molar-refractivity contribution is 7.89. The lowest BCUT2D eigenvalue weighted by atomic mass is 10.2. The fraction of sp³-hybridized carbons (Fsp3) is 0.435. The number of nitrogens with one attached hydrogen (secondary N) is 1. The summed E-state index contributed by atoms with van der Waals surface area (Å²) >= 11 is 0. The third-order valence-electron chi connectivity index (χ3n) is 5.50. The van der Waals surface area contributed by atoms with Gasteiger partial charge in [0.05, 0.1) is 13.7 Å². The SMILES string of the molecule is COc1ccc(NC(=O)CN2CCCN(Cc3ccccc3)CC2)cc1S(=O)(=O)N(C)C. The Kier molecular flexibility index (Phi) is 8.25. The first-order valence-corrected chi connectivity index (χ1v) is 12.1. The van der Waals surface area contributed by atoms with Crippen molar-refractivity contribution in [3.8, 4) is 5.75 Å². The molecule has 0 bridgehead atoms. The van der Waals surface area contributed by atoms with Crippen LogP contribution in [-0.2, 0) is 21.4 Å². The molecule has 32 heavy (non-hydrogen) atoms. The van der Waals surface area contributed by atoms with E-state index in [0.29, 0.717) is 5.69 Å². The van der Waals surface area contributed by atoms with Crippen molar-refractivity contribution in [2.24, 2.45) is 0 Å². The van der Waals surface area contributed by atoms with E-state index in [9.17, 15) is 13.2 Å². The van der Waals surface area contributed by atoms with Crippen LogP contribution in [0.25, 0.3) is 0 Å². The predicted molar refractivity (Wildman–Crippen MR) is 125 cm³/mol. The van der Waals surface area contributed by atoms with Crippen molar-refractivity contribution in [2.45, 2.75) is 17.9 Å². The molecule has 2 aromatic rings. The van der Waals surface area contributed by atoms with E-state index in [4.69, 9.17) is 4.74 Å². The number of rotatable bonds is 8. The molecule has 174 valence electrons. The molecule has 0 radical (unpaired) electrons. The lowest BCUT2D eigenvalue weighted by Crippen LogP contribution is -2.36. The summed E-state index contributed by atoms with van der Waals surface area (Å²) in [6, 6.07) is 15.0. The average Bonchev–Trinajstić information content (AvgIpc) is 2.99. The van der Waals surface area contributed by atoms with E-state index in [0.717, 1.165) is 43.4 Å². The fourth-order valence-electron chi connectivity index (χ4n) is 3.74. The van der Waals surface area contributed by atoms with Crippen LogP contribution in [0.15, 0.2) is 53.4 Å². The van der Waals surface area contributed by atoms with E-state index in [1.807, 2.05) is 6.07 Å². The van der Waals surface area contributed by atoms with Crippen molar-refractivity contribution >= 4 is 21.6 Å². The molecule has 1 amide bonds. The van der Waals surface area contributed by atoms with Gasteiger partial charge in [0, 0.05) is 39.4 Å². The molecule has 0 atom stereocenters. The predicted octanol–water partition coefficient (Wildman–Crippen LogP) is 2.09. The van der Waals surface area contributed by atoms with E-state index < -0.39 is 10.0 Å². The minimum Gasteiger partial charge on any atom is -0.495 e. The second kappa shape index (κ2) is 10.9. The van der Waals surface area contributed by atoms with E-state index in [1.54, 1.807) is 12.1 Å². The number of amides is 1. The van der Waals surface area contributed by atoms with E-state index >= 15 is 0 Å². The highest BCUT2D eigenvalue weighted by Gasteiger charge is 2.23. The first kappa shape index (κ1) is 24.2. The molecular weight excluding hydrogens is 428 g/mol. The van der Waals surface area contributed by atoms with Gasteiger partial charge in [-0.2, -0.15) is 0 Å². The minimum absolute atomic E-state index is 0.0223. The Balaban J connectivity index is 1.58. The number of benzene rings is 2. The highest BCUT2D eigenvalue weighted by Crippen LogP contribution is 2.28. The van der Waals surface area contributed by atoms with Crippen molar-refractivity contribution < 1.29 is 17.9 Å². The van der Waals surface area contributed by atoms with Crippen molar-refractivity contribution in [3.63, 3.8) is 0 Å². The van der Waals surface area contributed by atoms with E-state index in [2.05, 4.69) is 39.4 Å². The summed E-state index contributed by atoms with van der Waals surface area (Å²) in [4.78, 5) is 17.2. The van der Waals surface area contributed by atoms with Gasteiger partial charge >= 0.3 is 0 Å². The van der Waals surface area contributed by atoms with Gasteiger partial charge in [-0.25, -0.2) is 12.7 Å². The molecule has 1 heterocycles. The Morgan fingerprint density at radius 2 is 1.72 bits per heavy atom. The normalized spacial score (nSPS) is 16.0. The number of sulfonamides is 1. The van der Waals surface area contributed by atoms with Crippen LogP contribution in [0, 0.1) is 0 Å². The number of hydrogen-bond acceptors (Lipinski definition) is 6. The first-order chi connectivity index (χ1) is 15.3. The molecule has 0 saturated carbocycles. The van der Waals surface area contributed by atoms with Crippen molar-refractivity contribution in [3.05, 3.63) is 54.1 Å². The number of carbonyl (C=O) groups excluding carboxylic acids is 1. The van der Waals surface area contributed by atoms with Gasteiger partial charge < -0.3 is 10.1 Å². The van der Waals surface area contributed by atoms with Gasteiger partial charge in [0.1, 0.15) is 10.6 Å². The number of nitrogens with zero attached hydrogens (tertiary/aromatic N) is 3. The fourth-order valence-corrected chi connectivity index (χ4v) is 4.81. The first-order valence-electron chi connectivity index (χ1n) is 10.7. The van der Waals surface area contributed by atoms with Crippen molar-refractivity contribution in [2.75, 3.05) is 59.2 Å². The van der Waals surface area contributed by atoms with Crippen LogP contribution >= 0.6 is 0 Å². The van der Waals surface area contributed by atoms with E-state index in [1.165, 1.54) is 32.8 Å². The number of ether oxygens (including phenoxy) is 1. The van der Waals surface area contributed by atoms with Crippen LogP contribution in [-0.4, -0.2) is 82.4 Å². The zero-order chi connectivity index (χ0) is 23.1. The quantitative estimate of drug-likeness (QED) is 0.650. The standard InChI is InChI=1S/C23H32N4O4S/c1-25(2)32(29,30)22-16-20(10-11-21(22)31-3)24-23(28)18-27-13-7-12-26(14-15-27)17-19-8-5-4-6-9-19/h4-6,8-11,16H,7,12-15,17-18H2,1-3H3,(H,24,28). The zero-order valence-electron chi connectivity index (χ0n) is 19.0. The average molecular weight is 461 g/mol. The third kappa shape index (κ3) is 6.29. The number of anilines is 1. The molecular formula is C23H32N4O4S. The molecule has 8 nitrogen and oxygen atoms in total. The Labute approximate surface area is 190 Å². The lowest BCUT2D eigenvalue weighted by molar-refractivity contribution is -0.117. The highest BCUT2D eigenvalue weighted by atomic mass is 32.2. The van der Waals surface area contributed by atoms with Crippen LogP contribution in [0.3, 0.4) is 0 Å². The summed E-state index contributed by atoms with van der Waals surface area (Å²) < 4.78 is 31.5. The molecule has 1 saturated heterocycles. The maximum absolute atomic E-state index is 12.7. The van der Waals surface area contributed by atoms with Gasteiger partial charge in [-0.3, -0.25) is 14.6 Å². The van der Waals surface area contributed by atoms with E-state index in [-0.39, 0.29) is 23.1 Å². The molecule has 1 aliphatic heterocycles. The molecule has 2 aromatic carbocycles. The van der Waals surface area contributed by atoms with Gasteiger partial charge in [-0.15, -0.1) is 0 Å². The van der Waals surface area contributed by atoms with Crippen molar-refractivity contribution in [1.29, 1.82) is 0 Å². The van der Waals surface area contributed by atoms with Gasteiger partial charge in [-0.05, 0) is 43.3 Å². The molecule has 1 fully saturated rings. The summed E-state index contributed by atoms with van der Waals surface area (Å²) in [6.07, 6.45) is 0.994. The second-order valence-corrected chi connectivity index (χ2v) is 10.2. The molecule has 0 spiro atoms. The molecule has 9 heteroatoms. The number of hydrogen-bond donors (Lipinski definition) is 1. The third-order valence-corrected chi connectivity index (χ3v) is 7.34. The van der Waals surface area contributed by atoms with Gasteiger partial charge in [0.2, 0.25) is 15.9 Å². The molecule has 0 unspecified atom stereocenters.